The highest BCUT2D eigenvalue weighted by Gasteiger charge is 2.52. The molecule has 1 aromatic carbocycles. The van der Waals surface area contributed by atoms with Crippen LogP contribution in [0.2, 0.25) is 0 Å². The quantitative estimate of drug-likeness (QED) is 0.447. The molecular weight excluding hydrogens is 370 g/mol. The van der Waals surface area contributed by atoms with Crippen LogP contribution < -0.4 is 0 Å². The minimum absolute atomic E-state index is 0.0464. The maximum atomic E-state index is 9.68. The number of rotatable bonds is 0. The van der Waals surface area contributed by atoms with Gasteiger partial charge in [-0.05, 0) is 62.1 Å². The minimum Gasteiger partial charge on any atom is -0.411 e. The van der Waals surface area contributed by atoms with Gasteiger partial charge >= 0.3 is 0 Å². The Morgan fingerprint density at radius 2 is 1.97 bits per heavy atom. The Bertz CT molecular complexity index is 1000. The molecular formula is C26H37N3O. The Balaban J connectivity index is 0.00000106. The number of piperidine rings is 1. The Morgan fingerprint density at radius 3 is 2.67 bits per heavy atom. The molecule has 0 spiro atoms. The highest BCUT2D eigenvalue weighted by molar-refractivity contribution is 6.02. The SMILES string of the molecule is CC.CC=C1CC2CN3CCc4c(n(C)c5ccccc45)[C@]3(C)CC2[C@@H](C)C1=NO. The lowest BCUT2D eigenvalue weighted by molar-refractivity contribution is -0.0298. The number of allylic oxidation sites excluding steroid dienone is 2. The molecule has 4 nitrogen and oxygen atoms in total. The van der Waals surface area contributed by atoms with E-state index in [0.717, 1.165) is 38.1 Å². The maximum Gasteiger partial charge on any atom is 0.0855 e. The van der Waals surface area contributed by atoms with Crippen LogP contribution in [-0.4, -0.2) is 33.5 Å². The summed E-state index contributed by atoms with van der Waals surface area (Å²) in [5.41, 5.74) is 6.60. The van der Waals surface area contributed by atoms with Gasteiger partial charge in [-0.2, -0.15) is 0 Å². The molecule has 3 heterocycles. The van der Waals surface area contributed by atoms with Crippen molar-refractivity contribution in [2.45, 2.75) is 59.4 Å². The van der Waals surface area contributed by atoms with Crippen LogP contribution in [0.4, 0.5) is 0 Å². The lowest BCUT2D eigenvalue weighted by Gasteiger charge is -2.56. The summed E-state index contributed by atoms with van der Waals surface area (Å²) < 4.78 is 2.45. The van der Waals surface area contributed by atoms with Gasteiger partial charge in [-0.1, -0.05) is 50.2 Å². The molecule has 1 saturated carbocycles. The van der Waals surface area contributed by atoms with E-state index in [1.54, 1.807) is 5.56 Å². The summed E-state index contributed by atoms with van der Waals surface area (Å²) in [4.78, 5) is 2.75. The van der Waals surface area contributed by atoms with Gasteiger partial charge < -0.3 is 9.77 Å². The Kier molecular flexibility index (Phi) is 5.56. The summed E-state index contributed by atoms with van der Waals surface area (Å²) in [5, 5.41) is 14.8. The van der Waals surface area contributed by atoms with Gasteiger partial charge in [0.2, 0.25) is 0 Å². The van der Waals surface area contributed by atoms with Crippen LogP contribution in [0.1, 0.15) is 58.7 Å². The van der Waals surface area contributed by atoms with Crippen LogP contribution in [0.25, 0.3) is 10.9 Å². The van der Waals surface area contributed by atoms with Gasteiger partial charge in [-0.25, -0.2) is 0 Å². The number of para-hydroxylation sites is 1. The molecule has 1 saturated heterocycles. The summed E-state index contributed by atoms with van der Waals surface area (Å²) in [6.07, 6.45) is 5.46. The van der Waals surface area contributed by atoms with E-state index in [2.05, 4.69) is 72.8 Å². The Morgan fingerprint density at radius 1 is 1.23 bits per heavy atom. The normalized spacial score (nSPS) is 33.6. The summed E-state index contributed by atoms with van der Waals surface area (Å²) in [7, 11) is 2.24. The van der Waals surface area contributed by atoms with E-state index in [9.17, 15) is 5.21 Å². The first-order chi connectivity index (χ1) is 14.5. The van der Waals surface area contributed by atoms with E-state index in [-0.39, 0.29) is 5.54 Å². The highest BCUT2D eigenvalue weighted by Crippen LogP contribution is 2.52. The molecule has 2 fully saturated rings. The number of fused-ring (bicyclic) bond motifs is 6. The second-order valence-electron chi connectivity index (χ2n) is 9.29. The smallest absolute Gasteiger partial charge is 0.0855 e. The molecule has 5 rings (SSSR count). The van der Waals surface area contributed by atoms with Gasteiger partial charge in [-0.15, -0.1) is 0 Å². The van der Waals surface area contributed by atoms with Gasteiger partial charge in [0.1, 0.15) is 0 Å². The van der Waals surface area contributed by atoms with Crippen molar-refractivity contribution in [1.29, 1.82) is 0 Å². The molecule has 3 aliphatic rings. The molecule has 0 radical (unpaired) electrons. The Labute approximate surface area is 181 Å². The van der Waals surface area contributed by atoms with Crippen LogP contribution in [0, 0.1) is 17.8 Å². The average molecular weight is 408 g/mol. The topological polar surface area (TPSA) is 40.8 Å². The predicted molar refractivity (Wildman–Crippen MR) is 125 cm³/mol. The number of aryl methyl sites for hydroxylation is 1. The van der Waals surface area contributed by atoms with E-state index in [0.29, 0.717) is 17.8 Å². The van der Waals surface area contributed by atoms with E-state index in [1.807, 2.05) is 13.8 Å². The summed E-state index contributed by atoms with van der Waals surface area (Å²) in [6, 6.07) is 8.86. The van der Waals surface area contributed by atoms with Crippen molar-refractivity contribution in [3.8, 4) is 0 Å². The third kappa shape index (κ3) is 2.87. The van der Waals surface area contributed by atoms with Crippen LogP contribution in [-0.2, 0) is 19.0 Å². The molecule has 4 atom stereocenters. The number of hydrogen-bond acceptors (Lipinski definition) is 3. The molecule has 0 bridgehead atoms. The van der Waals surface area contributed by atoms with Crippen molar-refractivity contribution in [3.05, 3.63) is 47.2 Å². The number of nitrogens with zero attached hydrogens (tertiary/aromatic N) is 3. The monoisotopic (exact) mass is 407 g/mol. The molecule has 30 heavy (non-hydrogen) atoms. The number of oxime groups is 1. The predicted octanol–water partition coefficient (Wildman–Crippen LogP) is 5.73. The van der Waals surface area contributed by atoms with Crippen LogP contribution in [0.15, 0.2) is 41.1 Å². The van der Waals surface area contributed by atoms with E-state index in [4.69, 9.17) is 0 Å². The van der Waals surface area contributed by atoms with Crippen LogP contribution in [0.5, 0.6) is 0 Å². The molecule has 0 amide bonds. The zero-order valence-corrected chi connectivity index (χ0v) is 19.4. The van der Waals surface area contributed by atoms with Crippen molar-refractivity contribution in [2.75, 3.05) is 13.1 Å². The largest absolute Gasteiger partial charge is 0.411 e. The first-order valence-electron chi connectivity index (χ1n) is 11.7. The molecule has 1 N–H and O–H groups in total. The van der Waals surface area contributed by atoms with Gasteiger partial charge in [0.15, 0.2) is 0 Å². The van der Waals surface area contributed by atoms with Crippen molar-refractivity contribution in [3.63, 3.8) is 0 Å². The average Bonchev–Trinajstić information content (AvgIpc) is 3.07. The Hall–Kier alpha value is -2.07. The van der Waals surface area contributed by atoms with Crippen molar-refractivity contribution < 1.29 is 5.21 Å². The molecule has 2 aliphatic heterocycles. The van der Waals surface area contributed by atoms with Gasteiger partial charge in [-0.3, -0.25) is 4.90 Å². The third-order valence-electron chi connectivity index (χ3n) is 8.09. The van der Waals surface area contributed by atoms with Gasteiger partial charge in [0.25, 0.3) is 0 Å². The fourth-order valence-corrected chi connectivity index (χ4v) is 6.72. The third-order valence-corrected chi connectivity index (χ3v) is 8.09. The zero-order valence-electron chi connectivity index (χ0n) is 19.4. The van der Waals surface area contributed by atoms with E-state index in [1.165, 1.54) is 22.2 Å². The molecule has 2 unspecified atom stereocenters. The lowest BCUT2D eigenvalue weighted by Crippen LogP contribution is -2.59. The number of hydrogen-bond donors (Lipinski definition) is 1. The standard InChI is InChI=1S/C24H31N3O.C2H6/c1-5-16-12-17-14-27-11-10-19-18-8-6-7-9-21(18)26(4)23(19)24(27,3)13-20(17)15(2)22(16)25-28;1-2/h5-9,15,17,20,28H,10-14H2,1-4H3;1-2H3/t15-,17?,20?,24+;/m1./s1. The molecule has 1 aliphatic carbocycles. The van der Waals surface area contributed by atoms with Crippen molar-refractivity contribution >= 4 is 16.6 Å². The summed E-state index contributed by atoms with van der Waals surface area (Å²) in [6.45, 7) is 13.1. The summed E-state index contributed by atoms with van der Waals surface area (Å²) in [5.74, 6) is 1.50. The second-order valence-corrected chi connectivity index (χ2v) is 9.29. The second kappa shape index (κ2) is 7.88. The van der Waals surface area contributed by atoms with E-state index < -0.39 is 0 Å². The van der Waals surface area contributed by atoms with Crippen molar-refractivity contribution in [2.24, 2.45) is 30.0 Å². The van der Waals surface area contributed by atoms with Crippen LogP contribution >= 0.6 is 0 Å². The minimum atomic E-state index is 0.0464. The first-order valence-corrected chi connectivity index (χ1v) is 11.7. The number of benzene rings is 1. The molecule has 2 aromatic rings. The molecule has 1 aromatic heterocycles. The fourth-order valence-electron chi connectivity index (χ4n) is 6.72. The number of aromatic nitrogens is 1. The van der Waals surface area contributed by atoms with Crippen LogP contribution in [0.3, 0.4) is 0 Å². The first kappa shape index (κ1) is 21.2. The zero-order chi connectivity index (χ0) is 21.6. The fraction of sp³-hybridized carbons (Fsp3) is 0.577. The highest BCUT2D eigenvalue weighted by atomic mass is 16.4. The van der Waals surface area contributed by atoms with Crippen molar-refractivity contribution in [1.82, 2.24) is 9.47 Å². The summed E-state index contributed by atoms with van der Waals surface area (Å²) >= 11 is 0. The maximum absolute atomic E-state index is 9.68. The lowest BCUT2D eigenvalue weighted by atomic mass is 9.61. The molecule has 162 valence electrons. The van der Waals surface area contributed by atoms with E-state index >= 15 is 0 Å². The van der Waals surface area contributed by atoms with Gasteiger partial charge in [0.05, 0.1) is 11.3 Å². The molecule has 4 heteroatoms. The van der Waals surface area contributed by atoms with Gasteiger partial charge in [0, 0.05) is 42.7 Å².